The number of rotatable bonds is 8. The lowest BCUT2D eigenvalue weighted by Crippen LogP contribution is -2.25. The van der Waals surface area contributed by atoms with Gasteiger partial charge in [0.05, 0.1) is 23.5 Å². The lowest BCUT2D eigenvalue weighted by molar-refractivity contribution is 0.0955. The highest BCUT2D eigenvalue weighted by Crippen LogP contribution is 2.27. The summed E-state index contributed by atoms with van der Waals surface area (Å²) in [4.78, 5) is 22.3. The van der Waals surface area contributed by atoms with Crippen molar-refractivity contribution in [2.45, 2.75) is 32.6 Å². The summed E-state index contributed by atoms with van der Waals surface area (Å²) in [5.74, 6) is 0.478. The van der Waals surface area contributed by atoms with Crippen LogP contribution in [0.25, 0.3) is 22.2 Å². The molecular formula is C22H24N6O2. The van der Waals surface area contributed by atoms with Crippen LogP contribution in [0.2, 0.25) is 0 Å². The maximum absolute atomic E-state index is 13.0. The van der Waals surface area contributed by atoms with E-state index in [2.05, 4.69) is 27.3 Å². The number of nitrogen functional groups attached to an aromatic ring is 1. The first-order valence-electron chi connectivity index (χ1n) is 10.1. The van der Waals surface area contributed by atoms with E-state index in [9.17, 15) is 4.79 Å². The van der Waals surface area contributed by atoms with Gasteiger partial charge in [-0.25, -0.2) is 9.97 Å². The topological polar surface area (TPSA) is 111 Å². The van der Waals surface area contributed by atoms with Gasteiger partial charge >= 0.3 is 0 Å². The van der Waals surface area contributed by atoms with E-state index >= 15 is 0 Å². The number of benzene rings is 1. The number of para-hydroxylation sites is 2. The Labute approximate surface area is 173 Å². The molecule has 3 N–H and O–H groups in total. The van der Waals surface area contributed by atoms with Crippen LogP contribution in [-0.4, -0.2) is 33.3 Å². The second-order valence-electron chi connectivity index (χ2n) is 7.03. The van der Waals surface area contributed by atoms with Crippen molar-refractivity contribution in [2.24, 2.45) is 5.10 Å². The number of carbonyl (C=O) groups is 1. The van der Waals surface area contributed by atoms with E-state index in [-0.39, 0.29) is 17.3 Å². The van der Waals surface area contributed by atoms with Crippen molar-refractivity contribution in [3.8, 4) is 0 Å². The zero-order valence-electron chi connectivity index (χ0n) is 16.8. The molecular weight excluding hydrogens is 380 g/mol. The monoisotopic (exact) mass is 404 g/mol. The Balaban J connectivity index is 1.75. The Hall–Kier alpha value is -3.68. The summed E-state index contributed by atoms with van der Waals surface area (Å²) in [5, 5.41) is 7.35. The van der Waals surface area contributed by atoms with Gasteiger partial charge in [0, 0.05) is 6.54 Å². The molecule has 0 aliphatic rings. The van der Waals surface area contributed by atoms with Crippen LogP contribution in [0.1, 0.15) is 48.7 Å². The number of anilines is 1. The quantitative estimate of drug-likeness (QED) is 0.341. The molecule has 0 spiro atoms. The van der Waals surface area contributed by atoms with Gasteiger partial charge in [0.15, 0.2) is 5.65 Å². The Morgan fingerprint density at radius 1 is 1.17 bits per heavy atom. The fourth-order valence-electron chi connectivity index (χ4n) is 3.31. The van der Waals surface area contributed by atoms with Crippen LogP contribution in [0.5, 0.6) is 0 Å². The lowest BCUT2D eigenvalue weighted by Gasteiger charge is -2.05. The molecule has 0 bridgehead atoms. The maximum atomic E-state index is 13.0. The van der Waals surface area contributed by atoms with Crippen LogP contribution < -0.4 is 11.1 Å². The van der Waals surface area contributed by atoms with Crippen LogP contribution in [0.15, 0.2) is 52.2 Å². The molecule has 0 aliphatic heterocycles. The van der Waals surface area contributed by atoms with Crippen molar-refractivity contribution in [3.63, 3.8) is 0 Å². The number of amides is 1. The number of hydrogen-bond acceptors (Lipinski definition) is 6. The second kappa shape index (κ2) is 8.77. The molecule has 154 valence electrons. The molecule has 1 amide bonds. The molecule has 30 heavy (non-hydrogen) atoms. The number of carbonyl (C=O) groups excluding carboxylic acids is 1. The molecule has 8 nitrogen and oxygen atoms in total. The summed E-state index contributed by atoms with van der Waals surface area (Å²) in [6.45, 7) is 2.74. The van der Waals surface area contributed by atoms with Crippen LogP contribution >= 0.6 is 0 Å². The zero-order valence-corrected chi connectivity index (χ0v) is 16.8. The lowest BCUT2D eigenvalue weighted by atomic mass is 10.2. The van der Waals surface area contributed by atoms with Crippen LogP contribution in [-0.2, 0) is 0 Å². The van der Waals surface area contributed by atoms with Gasteiger partial charge in [0.2, 0.25) is 0 Å². The van der Waals surface area contributed by atoms with Crippen molar-refractivity contribution >= 4 is 40.1 Å². The van der Waals surface area contributed by atoms with E-state index in [1.807, 2.05) is 24.3 Å². The predicted molar refractivity (Wildman–Crippen MR) is 118 cm³/mol. The SMILES string of the molecule is CCCCCCNC(=O)c1c(N)n(N=Cc2ccco2)c2nc3ccccc3nc12. The largest absolute Gasteiger partial charge is 0.463 e. The molecule has 0 saturated carbocycles. The number of nitrogens with zero attached hydrogens (tertiary/aromatic N) is 4. The molecule has 0 fully saturated rings. The molecule has 0 atom stereocenters. The fraction of sp³-hybridized carbons (Fsp3) is 0.273. The average Bonchev–Trinajstić information content (AvgIpc) is 3.36. The summed E-state index contributed by atoms with van der Waals surface area (Å²) in [7, 11) is 0. The number of furan rings is 1. The molecule has 4 rings (SSSR count). The summed E-state index contributed by atoms with van der Waals surface area (Å²) in [6.07, 6.45) is 7.37. The van der Waals surface area contributed by atoms with E-state index in [0.29, 0.717) is 34.5 Å². The van der Waals surface area contributed by atoms with Gasteiger partial charge < -0.3 is 15.5 Å². The third kappa shape index (κ3) is 3.89. The van der Waals surface area contributed by atoms with Crippen molar-refractivity contribution < 1.29 is 9.21 Å². The van der Waals surface area contributed by atoms with E-state index < -0.39 is 0 Å². The molecule has 0 radical (unpaired) electrons. The summed E-state index contributed by atoms with van der Waals surface area (Å²) in [5.41, 5.74) is 8.87. The van der Waals surface area contributed by atoms with Gasteiger partial charge in [-0.05, 0) is 30.7 Å². The molecule has 3 heterocycles. The first kappa shape index (κ1) is 19.6. The van der Waals surface area contributed by atoms with E-state index in [1.165, 1.54) is 10.9 Å². The van der Waals surface area contributed by atoms with Crippen LogP contribution in [0, 0.1) is 0 Å². The third-order valence-corrected chi connectivity index (χ3v) is 4.86. The van der Waals surface area contributed by atoms with E-state index in [1.54, 1.807) is 18.4 Å². The highest BCUT2D eigenvalue weighted by atomic mass is 16.3. The minimum absolute atomic E-state index is 0.189. The first-order valence-corrected chi connectivity index (χ1v) is 10.1. The normalized spacial score (nSPS) is 11.6. The molecule has 4 aromatic rings. The van der Waals surface area contributed by atoms with Crippen molar-refractivity contribution in [1.29, 1.82) is 0 Å². The molecule has 1 aromatic carbocycles. The van der Waals surface area contributed by atoms with Gasteiger partial charge in [-0.15, -0.1) is 0 Å². The Bertz CT molecular complexity index is 1190. The van der Waals surface area contributed by atoms with Gasteiger partial charge in [0.25, 0.3) is 5.91 Å². The fourth-order valence-corrected chi connectivity index (χ4v) is 3.31. The number of nitrogens with two attached hydrogens (primary N) is 1. The van der Waals surface area contributed by atoms with Crippen molar-refractivity contribution in [2.75, 3.05) is 12.3 Å². The maximum Gasteiger partial charge on any atom is 0.257 e. The third-order valence-electron chi connectivity index (χ3n) is 4.86. The zero-order chi connectivity index (χ0) is 20.9. The number of hydrogen-bond donors (Lipinski definition) is 2. The van der Waals surface area contributed by atoms with Crippen LogP contribution in [0.4, 0.5) is 5.82 Å². The van der Waals surface area contributed by atoms with E-state index in [0.717, 1.165) is 25.7 Å². The van der Waals surface area contributed by atoms with Crippen LogP contribution in [0.3, 0.4) is 0 Å². The van der Waals surface area contributed by atoms with Gasteiger partial charge in [-0.1, -0.05) is 38.3 Å². The molecule has 0 saturated heterocycles. The standard InChI is InChI=1S/C22H24N6O2/c1-2-3-4-7-12-24-22(29)18-19-21(27-17-11-6-5-10-16(17)26-19)28(20(18)23)25-14-15-9-8-13-30-15/h5-6,8-11,13-14H,2-4,7,12,23H2,1H3,(H,24,29). The van der Waals surface area contributed by atoms with Gasteiger partial charge in [-0.3, -0.25) is 4.79 Å². The van der Waals surface area contributed by atoms with Crippen molar-refractivity contribution in [3.05, 3.63) is 54.0 Å². The summed E-state index contributed by atoms with van der Waals surface area (Å²) < 4.78 is 6.73. The molecule has 8 heteroatoms. The van der Waals surface area contributed by atoms with E-state index in [4.69, 9.17) is 10.2 Å². The summed E-state index contributed by atoms with van der Waals surface area (Å²) >= 11 is 0. The number of nitrogens with one attached hydrogen (secondary N) is 1. The minimum atomic E-state index is -0.273. The number of aromatic nitrogens is 3. The Kier molecular flexibility index (Phi) is 5.74. The smallest absolute Gasteiger partial charge is 0.257 e. The number of fused-ring (bicyclic) bond motifs is 2. The predicted octanol–water partition coefficient (Wildman–Crippen LogP) is 3.95. The minimum Gasteiger partial charge on any atom is -0.463 e. The van der Waals surface area contributed by atoms with Gasteiger partial charge in [0.1, 0.15) is 22.7 Å². The average molecular weight is 404 g/mol. The molecule has 0 unspecified atom stereocenters. The Morgan fingerprint density at radius 3 is 2.70 bits per heavy atom. The second-order valence-corrected chi connectivity index (χ2v) is 7.03. The number of unbranched alkanes of at least 4 members (excludes halogenated alkanes) is 3. The summed E-state index contributed by atoms with van der Waals surface area (Å²) in [6, 6.07) is 11.0. The molecule has 0 aliphatic carbocycles. The van der Waals surface area contributed by atoms with Crippen molar-refractivity contribution in [1.82, 2.24) is 20.0 Å². The van der Waals surface area contributed by atoms with Gasteiger partial charge in [-0.2, -0.15) is 9.78 Å². The Morgan fingerprint density at radius 2 is 1.97 bits per heavy atom. The molecule has 3 aromatic heterocycles. The highest BCUT2D eigenvalue weighted by molar-refractivity contribution is 6.10. The highest BCUT2D eigenvalue weighted by Gasteiger charge is 2.23. The first-order chi connectivity index (χ1) is 14.7.